The summed E-state index contributed by atoms with van der Waals surface area (Å²) in [4.78, 5) is 0. The van der Waals surface area contributed by atoms with Crippen LogP contribution in [-0.2, 0) is 4.74 Å². The highest BCUT2D eigenvalue weighted by atomic mass is 16.5. The lowest BCUT2D eigenvalue weighted by molar-refractivity contribution is 0.123. The second kappa shape index (κ2) is 12.0. The smallest absolute Gasteiger partial charge is 0.0480 e. The van der Waals surface area contributed by atoms with Crippen LogP contribution in [0.2, 0.25) is 0 Å². The zero-order valence-electron chi connectivity index (χ0n) is 10.8. The number of rotatable bonds is 11. The first-order chi connectivity index (χ1) is 7.35. The van der Waals surface area contributed by atoms with Crippen LogP contribution >= 0.6 is 0 Å². The summed E-state index contributed by atoms with van der Waals surface area (Å²) in [5, 5.41) is 3.60. The van der Waals surface area contributed by atoms with Crippen LogP contribution < -0.4 is 5.32 Å². The predicted octanol–water partition coefficient (Wildman–Crippen LogP) is 3.36. The number of hydrogen-bond acceptors (Lipinski definition) is 2. The fourth-order valence-electron chi connectivity index (χ4n) is 1.62. The van der Waals surface area contributed by atoms with E-state index in [4.69, 9.17) is 4.74 Å². The van der Waals surface area contributed by atoms with Crippen molar-refractivity contribution in [3.05, 3.63) is 0 Å². The molecule has 0 saturated carbocycles. The summed E-state index contributed by atoms with van der Waals surface area (Å²) in [6.07, 6.45) is 7.43. The summed E-state index contributed by atoms with van der Waals surface area (Å²) >= 11 is 0. The van der Waals surface area contributed by atoms with Crippen LogP contribution in [0.25, 0.3) is 0 Å². The Morgan fingerprint density at radius 3 is 2.33 bits per heavy atom. The van der Waals surface area contributed by atoms with E-state index in [0.29, 0.717) is 6.04 Å². The van der Waals surface area contributed by atoms with Crippen molar-refractivity contribution in [3.8, 4) is 0 Å². The van der Waals surface area contributed by atoms with Crippen LogP contribution in [0.3, 0.4) is 0 Å². The van der Waals surface area contributed by atoms with Crippen molar-refractivity contribution in [1.82, 2.24) is 5.32 Å². The van der Waals surface area contributed by atoms with E-state index in [-0.39, 0.29) is 0 Å². The molecule has 1 unspecified atom stereocenters. The number of nitrogens with one attached hydrogen (secondary N) is 1. The topological polar surface area (TPSA) is 21.3 Å². The van der Waals surface area contributed by atoms with Gasteiger partial charge in [-0.05, 0) is 32.2 Å². The Morgan fingerprint density at radius 1 is 0.933 bits per heavy atom. The van der Waals surface area contributed by atoms with Crippen molar-refractivity contribution in [2.24, 2.45) is 0 Å². The second-order valence-corrected chi connectivity index (χ2v) is 4.19. The summed E-state index contributed by atoms with van der Waals surface area (Å²) in [6, 6.07) is 0.668. The fourth-order valence-corrected chi connectivity index (χ4v) is 1.62. The Labute approximate surface area is 95.8 Å². The maximum atomic E-state index is 5.53. The van der Waals surface area contributed by atoms with Crippen LogP contribution in [0.1, 0.15) is 59.3 Å². The third-order valence-corrected chi connectivity index (χ3v) is 2.55. The number of ether oxygens (including phenoxy) is 1. The molecule has 0 rings (SSSR count). The molecule has 0 aromatic rings. The van der Waals surface area contributed by atoms with Crippen LogP contribution in [0, 0.1) is 0 Å². The molecule has 1 atom stereocenters. The van der Waals surface area contributed by atoms with Gasteiger partial charge in [-0.1, -0.05) is 33.6 Å². The summed E-state index contributed by atoms with van der Waals surface area (Å²) < 4.78 is 5.53. The zero-order chi connectivity index (χ0) is 11.4. The maximum absolute atomic E-state index is 5.53. The van der Waals surface area contributed by atoms with Crippen molar-refractivity contribution in [2.45, 2.75) is 65.3 Å². The lowest BCUT2D eigenvalue weighted by Gasteiger charge is -2.18. The molecule has 0 aliphatic heterocycles. The molecule has 2 nitrogen and oxygen atoms in total. The number of hydrogen-bond donors (Lipinski definition) is 1. The van der Waals surface area contributed by atoms with E-state index < -0.39 is 0 Å². The van der Waals surface area contributed by atoms with E-state index in [1.54, 1.807) is 0 Å². The van der Waals surface area contributed by atoms with Gasteiger partial charge >= 0.3 is 0 Å². The molecule has 0 bridgehead atoms. The van der Waals surface area contributed by atoms with E-state index in [1.165, 1.54) is 32.1 Å². The minimum absolute atomic E-state index is 0.668. The molecule has 15 heavy (non-hydrogen) atoms. The van der Waals surface area contributed by atoms with E-state index in [2.05, 4.69) is 26.1 Å². The molecule has 0 aromatic heterocycles. The van der Waals surface area contributed by atoms with Gasteiger partial charge in [-0.25, -0.2) is 0 Å². The van der Waals surface area contributed by atoms with E-state index in [9.17, 15) is 0 Å². The molecule has 0 heterocycles. The molecule has 0 radical (unpaired) electrons. The Hall–Kier alpha value is -0.0800. The summed E-state index contributed by atoms with van der Waals surface area (Å²) in [7, 11) is 0. The molecule has 0 aliphatic rings. The first kappa shape index (κ1) is 14.9. The van der Waals surface area contributed by atoms with Gasteiger partial charge < -0.3 is 10.1 Å². The van der Waals surface area contributed by atoms with Gasteiger partial charge in [0.15, 0.2) is 0 Å². The second-order valence-electron chi connectivity index (χ2n) is 4.19. The molecule has 1 N–H and O–H groups in total. The van der Waals surface area contributed by atoms with Gasteiger partial charge in [0.2, 0.25) is 0 Å². The van der Waals surface area contributed by atoms with Gasteiger partial charge in [-0.2, -0.15) is 0 Å². The number of unbranched alkanes of at least 4 members (excludes halogenated alkanes) is 1. The SMILES string of the molecule is CCCCC(CCOCCC)NCCC. The standard InChI is InChI=1S/C13H29NO/c1-4-7-8-13(14-10-5-2)9-12-15-11-6-3/h13-14H,4-12H2,1-3H3. The Bertz CT molecular complexity index is 109. The first-order valence-corrected chi connectivity index (χ1v) is 6.66. The highest BCUT2D eigenvalue weighted by molar-refractivity contribution is 4.66. The highest BCUT2D eigenvalue weighted by Gasteiger charge is 2.06. The molecule has 0 aromatic carbocycles. The van der Waals surface area contributed by atoms with E-state index in [1.807, 2.05) is 0 Å². The van der Waals surface area contributed by atoms with Crippen LogP contribution in [-0.4, -0.2) is 25.8 Å². The third-order valence-electron chi connectivity index (χ3n) is 2.55. The molecular weight excluding hydrogens is 186 g/mol. The molecule has 0 amide bonds. The van der Waals surface area contributed by atoms with Gasteiger partial charge in [0.05, 0.1) is 0 Å². The van der Waals surface area contributed by atoms with Crippen molar-refractivity contribution in [2.75, 3.05) is 19.8 Å². The summed E-state index contributed by atoms with van der Waals surface area (Å²) in [5.41, 5.74) is 0. The normalized spacial score (nSPS) is 13.0. The fraction of sp³-hybridized carbons (Fsp3) is 1.00. The highest BCUT2D eigenvalue weighted by Crippen LogP contribution is 2.05. The molecule has 0 fully saturated rings. The van der Waals surface area contributed by atoms with Crippen molar-refractivity contribution < 1.29 is 4.74 Å². The molecular formula is C13H29NO. The molecule has 0 spiro atoms. The van der Waals surface area contributed by atoms with Crippen LogP contribution in [0.5, 0.6) is 0 Å². The van der Waals surface area contributed by atoms with E-state index >= 15 is 0 Å². The van der Waals surface area contributed by atoms with Crippen molar-refractivity contribution in [1.29, 1.82) is 0 Å². The molecule has 0 saturated heterocycles. The monoisotopic (exact) mass is 215 g/mol. The average Bonchev–Trinajstić information content (AvgIpc) is 2.27. The average molecular weight is 215 g/mol. The maximum Gasteiger partial charge on any atom is 0.0480 e. The Balaban J connectivity index is 3.49. The van der Waals surface area contributed by atoms with Gasteiger partial charge in [-0.3, -0.25) is 0 Å². The third kappa shape index (κ3) is 10.2. The molecule has 2 heteroatoms. The summed E-state index contributed by atoms with van der Waals surface area (Å²) in [6.45, 7) is 9.60. The summed E-state index contributed by atoms with van der Waals surface area (Å²) in [5.74, 6) is 0. The molecule has 92 valence electrons. The van der Waals surface area contributed by atoms with Gasteiger partial charge in [0, 0.05) is 19.3 Å². The lowest BCUT2D eigenvalue weighted by atomic mass is 10.1. The minimum atomic E-state index is 0.668. The van der Waals surface area contributed by atoms with Crippen LogP contribution in [0.4, 0.5) is 0 Å². The largest absolute Gasteiger partial charge is 0.381 e. The van der Waals surface area contributed by atoms with Gasteiger partial charge in [0.25, 0.3) is 0 Å². The van der Waals surface area contributed by atoms with Gasteiger partial charge in [-0.15, -0.1) is 0 Å². The molecule has 0 aliphatic carbocycles. The minimum Gasteiger partial charge on any atom is -0.381 e. The Morgan fingerprint density at radius 2 is 1.73 bits per heavy atom. The van der Waals surface area contributed by atoms with Crippen molar-refractivity contribution >= 4 is 0 Å². The van der Waals surface area contributed by atoms with Crippen molar-refractivity contribution in [3.63, 3.8) is 0 Å². The van der Waals surface area contributed by atoms with E-state index in [0.717, 1.165) is 26.2 Å². The van der Waals surface area contributed by atoms with Crippen LogP contribution in [0.15, 0.2) is 0 Å². The lowest BCUT2D eigenvalue weighted by Crippen LogP contribution is -2.31. The quantitative estimate of drug-likeness (QED) is 0.534. The predicted molar refractivity (Wildman–Crippen MR) is 67.3 cm³/mol. The van der Waals surface area contributed by atoms with Gasteiger partial charge in [0.1, 0.15) is 0 Å². The Kier molecular flexibility index (Phi) is 11.9. The zero-order valence-corrected chi connectivity index (χ0v) is 10.8. The first-order valence-electron chi connectivity index (χ1n) is 6.66.